The fraction of sp³-hybridized carbons (Fsp3) is 0.150. The SMILES string of the molecule is CC(C)c1ccc(/C=c2\sc3nc(-c4ccccc4Cl)nn3c2=O)cc1. The third-order valence-corrected chi connectivity index (χ3v) is 5.49. The predicted octanol–water partition coefficient (Wildman–Crippen LogP) is 4.14. The maximum atomic E-state index is 12.6. The highest BCUT2D eigenvalue weighted by Gasteiger charge is 2.13. The summed E-state index contributed by atoms with van der Waals surface area (Å²) in [6.07, 6.45) is 1.88. The molecule has 0 amide bonds. The van der Waals surface area contributed by atoms with E-state index in [1.807, 2.05) is 36.4 Å². The van der Waals surface area contributed by atoms with Crippen LogP contribution in [-0.2, 0) is 0 Å². The maximum absolute atomic E-state index is 12.6. The molecule has 0 atom stereocenters. The molecule has 6 heteroatoms. The number of benzene rings is 2. The molecule has 0 bridgehead atoms. The van der Waals surface area contributed by atoms with Crippen molar-refractivity contribution in [3.05, 3.63) is 79.6 Å². The lowest BCUT2D eigenvalue weighted by molar-refractivity contribution is 0.866. The minimum Gasteiger partial charge on any atom is -0.266 e. The molecule has 0 saturated carbocycles. The van der Waals surface area contributed by atoms with Crippen LogP contribution >= 0.6 is 22.9 Å². The number of aromatic nitrogens is 3. The fourth-order valence-corrected chi connectivity index (χ4v) is 3.85. The molecule has 2 heterocycles. The molecule has 4 rings (SSSR count). The lowest BCUT2D eigenvalue weighted by atomic mass is 10.0. The standard InChI is InChI=1S/C20H16ClN3OS/c1-12(2)14-9-7-13(8-10-14)11-17-19(25)24-20(26-17)22-18(23-24)15-5-3-4-6-16(15)21/h3-12H,1-2H3/b17-11-. The summed E-state index contributed by atoms with van der Waals surface area (Å²) in [5, 5.41) is 4.91. The maximum Gasteiger partial charge on any atom is 0.291 e. The van der Waals surface area contributed by atoms with Crippen LogP contribution in [0.15, 0.2) is 53.3 Å². The van der Waals surface area contributed by atoms with E-state index >= 15 is 0 Å². The molecule has 2 aromatic heterocycles. The molecule has 4 nitrogen and oxygen atoms in total. The Morgan fingerprint density at radius 2 is 1.85 bits per heavy atom. The Labute approximate surface area is 159 Å². The molecule has 4 aromatic rings. The van der Waals surface area contributed by atoms with Crippen LogP contribution < -0.4 is 10.1 Å². The first-order valence-corrected chi connectivity index (χ1v) is 9.48. The number of fused-ring (bicyclic) bond motifs is 1. The van der Waals surface area contributed by atoms with E-state index in [0.717, 1.165) is 11.1 Å². The van der Waals surface area contributed by atoms with Crippen LogP contribution in [0.3, 0.4) is 0 Å². The Morgan fingerprint density at radius 3 is 2.50 bits per heavy atom. The van der Waals surface area contributed by atoms with Crippen LogP contribution in [0, 0.1) is 0 Å². The second kappa shape index (κ2) is 6.67. The Kier molecular flexibility index (Phi) is 4.34. The van der Waals surface area contributed by atoms with Crippen molar-refractivity contribution in [1.29, 1.82) is 0 Å². The van der Waals surface area contributed by atoms with E-state index in [-0.39, 0.29) is 5.56 Å². The van der Waals surface area contributed by atoms with Gasteiger partial charge in [-0.3, -0.25) is 4.79 Å². The number of rotatable bonds is 3. The summed E-state index contributed by atoms with van der Waals surface area (Å²) in [5.41, 5.74) is 2.82. The van der Waals surface area contributed by atoms with Crippen LogP contribution in [0.2, 0.25) is 5.02 Å². The molecule has 2 aromatic carbocycles. The lowest BCUT2D eigenvalue weighted by Crippen LogP contribution is -2.23. The fourth-order valence-electron chi connectivity index (χ4n) is 2.72. The smallest absolute Gasteiger partial charge is 0.266 e. The highest BCUT2D eigenvalue weighted by atomic mass is 35.5. The highest BCUT2D eigenvalue weighted by Crippen LogP contribution is 2.25. The second-order valence-corrected chi connectivity index (χ2v) is 7.76. The van der Waals surface area contributed by atoms with Gasteiger partial charge in [0, 0.05) is 5.56 Å². The van der Waals surface area contributed by atoms with Gasteiger partial charge in [-0.05, 0) is 35.3 Å². The van der Waals surface area contributed by atoms with Gasteiger partial charge in [-0.25, -0.2) is 0 Å². The minimum absolute atomic E-state index is 0.163. The van der Waals surface area contributed by atoms with E-state index in [2.05, 4.69) is 36.1 Å². The molecule has 26 heavy (non-hydrogen) atoms. The van der Waals surface area contributed by atoms with Crippen molar-refractivity contribution in [2.75, 3.05) is 0 Å². The van der Waals surface area contributed by atoms with Crippen LogP contribution in [0.5, 0.6) is 0 Å². The third-order valence-electron chi connectivity index (χ3n) is 4.20. The van der Waals surface area contributed by atoms with Crippen molar-refractivity contribution in [1.82, 2.24) is 14.6 Å². The molecular weight excluding hydrogens is 366 g/mol. The summed E-state index contributed by atoms with van der Waals surface area (Å²) in [4.78, 5) is 17.7. The van der Waals surface area contributed by atoms with Crippen molar-refractivity contribution >= 4 is 34.0 Å². The van der Waals surface area contributed by atoms with Gasteiger partial charge >= 0.3 is 0 Å². The number of halogens is 1. The number of nitrogens with zero attached hydrogens (tertiary/aromatic N) is 3. The Morgan fingerprint density at radius 1 is 1.12 bits per heavy atom. The zero-order chi connectivity index (χ0) is 18.3. The van der Waals surface area contributed by atoms with E-state index in [1.54, 1.807) is 6.07 Å². The largest absolute Gasteiger partial charge is 0.291 e. The van der Waals surface area contributed by atoms with Crippen molar-refractivity contribution < 1.29 is 0 Å². The van der Waals surface area contributed by atoms with Crippen LogP contribution in [0.4, 0.5) is 0 Å². The minimum atomic E-state index is -0.163. The Balaban J connectivity index is 1.76. The lowest BCUT2D eigenvalue weighted by Gasteiger charge is -2.04. The summed E-state index contributed by atoms with van der Waals surface area (Å²) >= 11 is 7.53. The van der Waals surface area contributed by atoms with Gasteiger partial charge in [0.25, 0.3) is 5.56 Å². The molecular formula is C20H16ClN3OS. The molecule has 0 unspecified atom stereocenters. The van der Waals surface area contributed by atoms with E-state index in [0.29, 0.717) is 26.3 Å². The average molecular weight is 382 g/mol. The highest BCUT2D eigenvalue weighted by molar-refractivity contribution is 7.15. The predicted molar refractivity (Wildman–Crippen MR) is 107 cm³/mol. The average Bonchev–Trinajstić information content (AvgIpc) is 3.16. The Bertz CT molecular complexity index is 1190. The molecule has 0 aliphatic carbocycles. The summed E-state index contributed by atoms with van der Waals surface area (Å²) in [6.45, 7) is 4.32. The molecule has 0 saturated heterocycles. The molecule has 0 aliphatic heterocycles. The molecule has 0 spiro atoms. The van der Waals surface area contributed by atoms with Crippen LogP contribution in [0.1, 0.15) is 30.9 Å². The van der Waals surface area contributed by atoms with Gasteiger partial charge < -0.3 is 0 Å². The third kappa shape index (κ3) is 3.04. The van der Waals surface area contributed by atoms with Gasteiger partial charge in [-0.2, -0.15) is 9.50 Å². The van der Waals surface area contributed by atoms with Crippen molar-refractivity contribution in [2.24, 2.45) is 0 Å². The van der Waals surface area contributed by atoms with E-state index in [4.69, 9.17) is 11.6 Å². The molecule has 130 valence electrons. The van der Waals surface area contributed by atoms with Gasteiger partial charge in [-0.15, -0.1) is 5.10 Å². The number of thiazole rings is 1. The van der Waals surface area contributed by atoms with Gasteiger partial charge in [0.05, 0.1) is 9.55 Å². The van der Waals surface area contributed by atoms with Crippen LogP contribution in [-0.4, -0.2) is 14.6 Å². The van der Waals surface area contributed by atoms with Gasteiger partial charge in [0.1, 0.15) is 0 Å². The molecule has 0 N–H and O–H groups in total. The Hall–Kier alpha value is -2.50. The van der Waals surface area contributed by atoms with Gasteiger partial charge in [-0.1, -0.05) is 73.2 Å². The van der Waals surface area contributed by atoms with E-state index in [9.17, 15) is 4.79 Å². The van der Waals surface area contributed by atoms with Crippen molar-refractivity contribution in [3.8, 4) is 11.4 Å². The molecule has 0 radical (unpaired) electrons. The summed E-state index contributed by atoms with van der Waals surface area (Å²) < 4.78 is 1.96. The second-order valence-electron chi connectivity index (χ2n) is 6.35. The molecule has 0 aliphatic rings. The quantitative estimate of drug-likeness (QED) is 0.535. The zero-order valence-corrected chi connectivity index (χ0v) is 15.9. The first kappa shape index (κ1) is 16.9. The number of hydrogen-bond donors (Lipinski definition) is 0. The van der Waals surface area contributed by atoms with Crippen molar-refractivity contribution in [2.45, 2.75) is 19.8 Å². The summed E-state index contributed by atoms with van der Waals surface area (Å²) in [7, 11) is 0. The normalized spacial score (nSPS) is 12.4. The van der Waals surface area contributed by atoms with E-state index in [1.165, 1.54) is 21.4 Å². The van der Waals surface area contributed by atoms with Crippen molar-refractivity contribution in [3.63, 3.8) is 0 Å². The topological polar surface area (TPSA) is 47.3 Å². The van der Waals surface area contributed by atoms with E-state index < -0.39 is 0 Å². The van der Waals surface area contributed by atoms with Gasteiger partial charge in [0.15, 0.2) is 5.82 Å². The zero-order valence-electron chi connectivity index (χ0n) is 14.3. The van der Waals surface area contributed by atoms with Crippen LogP contribution in [0.25, 0.3) is 22.4 Å². The summed E-state index contributed by atoms with van der Waals surface area (Å²) in [5.74, 6) is 0.948. The first-order valence-electron chi connectivity index (χ1n) is 8.29. The monoisotopic (exact) mass is 381 g/mol. The molecule has 0 fully saturated rings. The van der Waals surface area contributed by atoms with Gasteiger partial charge in [0.2, 0.25) is 4.96 Å². The number of hydrogen-bond acceptors (Lipinski definition) is 4. The first-order chi connectivity index (χ1) is 12.5. The summed E-state index contributed by atoms with van der Waals surface area (Å²) in [6, 6.07) is 15.6.